The van der Waals surface area contributed by atoms with E-state index in [0.29, 0.717) is 0 Å². The first-order valence-electron chi connectivity index (χ1n) is 4.78. The molecule has 1 aromatic rings. The third kappa shape index (κ3) is 3.07. The number of amides is 1. The van der Waals surface area contributed by atoms with E-state index in [1.807, 2.05) is 6.92 Å². The molecule has 0 aromatic carbocycles. The smallest absolute Gasteiger partial charge is 0.287 e. The fourth-order valence-electron chi connectivity index (χ4n) is 1.07. The van der Waals surface area contributed by atoms with Crippen LogP contribution in [0.1, 0.15) is 21.9 Å². The monoisotopic (exact) mass is 212 g/mol. The Labute approximate surface area is 88.3 Å². The van der Waals surface area contributed by atoms with Gasteiger partial charge in [-0.3, -0.25) is 4.79 Å². The van der Waals surface area contributed by atoms with Crippen molar-refractivity contribution in [1.82, 2.24) is 5.32 Å². The molecule has 0 saturated carbocycles. The van der Waals surface area contributed by atoms with Gasteiger partial charge in [0.05, 0.1) is 6.10 Å². The van der Waals surface area contributed by atoms with Crippen molar-refractivity contribution in [3.63, 3.8) is 0 Å². The molecule has 0 saturated heterocycles. The van der Waals surface area contributed by atoms with E-state index in [2.05, 4.69) is 5.32 Å². The number of carbonyl (C=O) groups excluding carboxylic acids is 1. The molecule has 0 aliphatic rings. The van der Waals surface area contributed by atoms with Gasteiger partial charge in [-0.15, -0.1) is 0 Å². The van der Waals surface area contributed by atoms with Crippen LogP contribution < -0.4 is 11.1 Å². The van der Waals surface area contributed by atoms with Crippen LogP contribution in [0.15, 0.2) is 10.5 Å². The number of nitrogens with one attached hydrogen (secondary N) is 1. The van der Waals surface area contributed by atoms with E-state index in [1.165, 1.54) is 0 Å². The van der Waals surface area contributed by atoms with Crippen molar-refractivity contribution >= 4 is 5.91 Å². The molecule has 0 bridgehead atoms. The molecule has 15 heavy (non-hydrogen) atoms. The van der Waals surface area contributed by atoms with Gasteiger partial charge in [-0.2, -0.15) is 0 Å². The number of carbonyl (C=O) groups is 1. The van der Waals surface area contributed by atoms with Crippen LogP contribution in [0.4, 0.5) is 0 Å². The Bertz CT molecular complexity index is 327. The normalized spacial score (nSPS) is 12.5. The first-order valence-corrected chi connectivity index (χ1v) is 4.78. The SMILES string of the molecule is Cc1cc(C(=O)NCC(O)CN)oc1C. The summed E-state index contributed by atoms with van der Waals surface area (Å²) in [5.41, 5.74) is 6.13. The van der Waals surface area contributed by atoms with Crippen LogP contribution in [0.2, 0.25) is 0 Å². The number of aliphatic hydroxyl groups is 1. The Balaban J connectivity index is 2.54. The summed E-state index contributed by atoms with van der Waals surface area (Å²) in [7, 11) is 0. The number of furan rings is 1. The van der Waals surface area contributed by atoms with E-state index in [1.54, 1.807) is 13.0 Å². The molecule has 84 valence electrons. The predicted octanol–water partition coefficient (Wildman–Crippen LogP) is -0.0542. The van der Waals surface area contributed by atoms with Gasteiger partial charge < -0.3 is 20.6 Å². The van der Waals surface area contributed by atoms with Crippen LogP contribution in [0.5, 0.6) is 0 Å². The summed E-state index contributed by atoms with van der Waals surface area (Å²) in [4.78, 5) is 11.5. The van der Waals surface area contributed by atoms with E-state index >= 15 is 0 Å². The molecule has 0 fully saturated rings. The van der Waals surface area contributed by atoms with Crippen molar-refractivity contribution in [3.8, 4) is 0 Å². The van der Waals surface area contributed by atoms with Gasteiger partial charge in [0.25, 0.3) is 5.91 Å². The number of nitrogens with two attached hydrogens (primary N) is 1. The average Bonchev–Trinajstić information content (AvgIpc) is 2.55. The second kappa shape index (κ2) is 4.95. The molecule has 1 aromatic heterocycles. The van der Waals surface area contributed by atoms with Crippen molar-refractivity contribution < 1.29 is 14.3 Å². The van der Waals surface area contributed by atoms with Crippen LogP contribution in [0.25, 0.3) is 0 Å². The van der Waals surface area contributed by atoms with E-state index in [9.17, 15) is 4.79 Å². The highest BCUT2D eigenvalue weighted by molar-refractivity contribution is 5.91. The lowest BCUT2D eigenvalue weighted by atomic mass is 10.3. The molecular weight excluding hydrogens is 196 g/mol. The van der Waals surface area contributed by atoms with Gasteiger partial charge in [-0.05, 0) is 25.5 Å². The van der Waals surface area contributed by atoms with E-state index in [-0.39, 0.29) is 24.8 Å². The molecule has 1 amide bonds. The minimum atomic E-state index is -0.717. The third-order valence-corrected chi connectivity index (χ3v) is 2.16. The Morgan fingerprint density at radius 3 is 2.80 bits per heavy atom. The summed E-state index contributed by atoms with van der Waals surface area (Å²) >= 11 is 0. The standard InChI is InChI=1S/C10H16N2O3/c1-6-3-9(15-7(6)2)10(14)12-5-8(13)4-11/h3,8,13H,4-5,11H2,1-2H3,(H,12,14). The van der Waals surface area contributed by atoms with Crippen LogP contribution in [0.3, 0.4) is 0 Å². The number of hydrogen-bond donors (Lipinski definition) is 3. The maximum Gasteiger partial charge on any atom is 0.287 e. The molecule has 1 rings (SSSR count). The molecule has 0 aliphatic heterocycles. The summed E-state index contributed by atoms with van der Waals surface area (Å²) in [6, 6.07) is 1.67. The summed E-state index contributed by atoms with van der Waals surface area (Å²) in [6.45, 7) is 3.91. The highest BCUT2D eigenvalue weighted by atomic mass is 16.3. The Hall–Kier alpha value is -1.33. The maximum atomic E-state index is 11.5. The second-order valence-electron chi connectivity index (χ2n) is 3.45. The number of aryl methyl sites for hydroxylation is 2. The largest absolute Gasteiger partial charge is 0.456 e. The zero-order valence-electron chi connectivity index (χ0n) is 8.91. The van der Waals surface area contributed by atoms with Crippen molar-refractivity contribution in [3.05, 3.63) is 23.2 Å². The van der Waals surface area contributed by atoms with E-state index in [0.717, 1.165) is 11.3 Å². The molecule has 0 aliphatic carbocycles. The van der Waals surface area contributed by atoms with Gasteiger partial charge in [0, 0.05) is 13.1 Å². The third-order valence-electron chi connectivity index (χ3n) is 2.16. The lowest BCUT2D eigenvalue weighted by molar-refractivity contribution is 0.0891. The lowest BCUT2D eigenvalue weighted by Gasteiger charge is -2.07. The molecule has 0 radical (unpaired) electrons. The first-order chi connectivity index (χ1) is 7.04. The first kappa shape index (κ1) is 11.7. The van der Waals surface area contributed by atoms with Crippen molar-refractivity contribution in [2.45, 2.75) is 20.0 Å². The molecule has 5 nitrogen and oxygen atoms in total. The summed E-state index contributed by atoms with van der Waals surface area (Å²) in [5, 5.41) is 11.7. The minimum absolute atomic E-state index is 0.122. The second-order valence-corrected chi connectivity index (χ2v) is 3.45. The van der Waals surface area contributed by atoms with Crippen molar-refractivity contribution in [2.75, 3.05) is 13.1 Å². The molecule has 0 spiro atoms. The van der Waals surface area contributed by atoms with Crippen LogP contribution >= 0.6 is 0 Å². The highest BCUT2D eigenvalue weighted by Gasteiger charge is 2.12. The average molecular weight is 212 g/mol. The molecular formula is C10H16N2O3. The van der Waals surface area contributed by atoms with Gasteiger partial charge in [0.1, 0.15) is 5.76 Å². The molecule has 5 heteroatoms. The summed E-state index contributed by atoms with van der Waals surface area (Å²) in [6.07, 6.45) is -0.717. The maximum absolute atomic E-state index is 11.5. The number of rotatable bonds is 4. The fourth-order valence-corrected chi connectivity index (χ4v) is 1.07. The molecule has 4 N–H and O–H groups in total. The Morgan fingerprint density at radius 2 is 2.33 bits per heavy atom. The predicted molar refractivity (Wildman–Crippen MR) is 55.6 cm³/mol. The number of aliphatic hydroxyl groups excluding tert-OH is 1. The van der Waals surface area contributed by atoms with Gasteiger partial charge in [0.2, 0.25) is 0 Å². The summed E-state index contributed by atoms with van der Waals surface area (Å²) < 4.78 is 5.22. The highest BCUT2D eigenvalue weighted by Crippen LogP contribution is 2.12. The molecule has 1 heterocycles. The van der Waals surface area contributed by atoms with Gasteiger partial charge in [0.15, 0.2) is 5.76 Å². The zero-order chi connectivity index (χ0) is 11.4. The Kier molecular flexibility index (Phi) is 3.88. The Morgan fingerprint density at radius 1 is 1.67 bits per heavy atom. The van der Waals surface area contributed by atoms with Gasteiger partial charge >= 0.3 is 0 Å². The minimum Gasteiger partial charge on any atom is -0.456 e. The van der Waals surface area contributed by atoms with Gasteiger partial charge in [-0.1, -0.05) is 0 Å². The molecule has 1 unspecified atom stereocenters. The quantitative estimate of drug-likeness (QED) is 0.652. The van der Waals surface area contributed by atoms with Crippen LogP contribution in [-0.2, 0) is 0 Å². The zero-order valence-corrected chi connectivity index (χ0v) is 8.91. The molecule has 1 atom stereocenters. The van der Waals surface area contributed by atoms with Gasteiger partial charge in [-0.25, -0.2) is 0 Å². The summed E-state index contributed by atoms with van der Waals surface area (Å²) in [5.74, 6) is 0.646. The van der Waals surface area contributed by atoms with E-state index < -0.39 is 6.10 Å². The van der Waals surface area contributed by atoms with Crippen LogP contribution in [-0.4, -0.2) is 30.2 Å². The lowest BCUT2D eigenvalue weighted by Crippen LogP contribution is -2.35. The fraction of sp³-hybridized carbons (Fsp3) is 0.500. The van der Waals surface area contributed by atoms with Crippen molar-refractivity contribution in [1.29, 1.82) is 0 Å². The van der Waals surface area contributed by atoms with Crippen LogP contribution in [0, 0.1) is 13.8 Å². The van der Waals surface area contributed by atoms with E-state index in [4.69, 9.17) is 15.3 Å². The topological polar surface area (TPSA) is 88.5 Å². The van der Waals surface area contributed by atoms with Crippen molar-refractivity contribution in [2.24, 2.45) is 5.73 Å². The number of hydrogen-bond acceptors (Lipinski definition) is 4.